The van der Waals surface area contributed by atoms with E-state index in [0.29, 0.717) is 10.8 Å². The molecule has 3 aromatic rings. The summed E-state index contributed by atoms with van der Waals surface area (Å²) < 4.78 is 2.06. The van der Waals surface area contributed by atoms with Crippen LogP contribution in [0.3, 0.4) is 0 Å². The van der Waals surface area contributed by atoms with Crippen LogP contribution in [0.4, 0.5) is 5.82 Å². The first-order chi connectivity index (χ1) is 12.4. The van der Waals surface area contributed by atoms with Crippen molar-refractivity contribution < 1.29 is 4.79 Å². The van der Waals surface area contributed by atoms with Crippen molar-refractivity contribution in [3.05, 3.63) is 39.7 Å². The van der Waals surface area contributed by atoms with Gasteiger partial charge < -0.3 is 5.32 Å². The summed E-state index contributed by atoms with van der Waals surface area (Å²) >= 11 is 8.83. The van der Waals surface area contributed by atoms with Crippen LogP contribution in [0.1, 0.15) is 24.8 Å². The van der Waals surface area contributed by atoms with Gasteiger partial charge in [0.15, 0.2) is 11.0 Å². The second-order valence-corrected chi connectivity index (χ2v) is 8.41. The van der Waals surface area contributed by atoms with E-state index >= 15 is 0 Å². The van der Waals surface area contributed by atoms with E-state index in [1.807, 2.05) is 0 Å². The third-order valence-corrected chi connectivity index (χ3v) is 5.52. The lowest BCUT2D eigenvalue weighted by Crippen LogP contribution is -2.15. The van der Waals surface area contributed by atoms with Crippen LogP contribution in [0.25, 0.3) is 11.4 Å². The molecule has 0 aromatic carbocycles. The Balaban J connectivity index is 1.70. The van der Waals surface area contributed by atoms with E-state index < -0.39 is 0 Å². The minimum Gasteiger partial charge on any atom is -0.310 e. The average Bonchev–Trinajstić information content (AvgIpc) is 3.21. The highest BCUT2D eigenvalue weighted by Crippen LogP contribution is 2.30. The second kappa shape index (κ2) is 8.20. The number of nitrogens with one attached hydrogen (secondary N) is 1. The van der Waals surface area contributed by atoms with Crippen molar-refractivity contribution >= 4 is 46.4 Å². The molecule has 3 rings (SSSR count). The number of rotatable bonds is 6. The highest BCUT2D eigenvalue weighted by Gasteiger charge is 2.18. The monoisotopic (exact) mass is 407 g/mol. The summed E-state index contributed by atoms with van der Waals surface area (Å²) in [6.07, 6.45) is 1.49. The van der Waals surface area contributed by atoms with Gasteiger partial charge in [0.2, 0.25) is 5.91 Å². The molecule has 136 valence electrons. The van der Waals surface area contributed by atoms with Crippen molar-refractivity contribution in [3.63, 3.8) is 0 Å². The molecule has 3 aromatic heterocycles. The van der Waals surface area contributed by atoms with Gasteiger partial charge in [0.1, 0.15) is 5.82 Å². The molecule has 26 heavy (non-hydrogen) atoms. The number of nitrogens with zero attached hydrogens (tertiary/aromatic N) is 4. The van der Waals surface area contributed by atoms with E-state index in [0.717, 1.165) is 16.5 Å². The summed E-state index contributed by atoms with van der Waals surface area (Å²) in [5.74, 6) is 1.36. The van der Waals surface area contributed by atoms with Gasteiger partial charge in [-0.25, -0.2) is 4.98 Å². The number of carbonyl (C=O) groups excluding carboxylic acids is 1. The Kier molecular flexibility index (Phi) is 5.95. The molecule has 0 aliphatic heterocycles. The van der Waals surface area contributed by atoms with Gasteiger partial charge in [0, 0.05) is 28.1 Å². The molecule has 0 atom stereocenters. The molecule has 0 fully saturated rings. The van der Waals surface area contributed by atoms with Gasteiger partial charge in [-0.15, -0.1) is 21.5 Å². The van der Waals surface area contributed by atoms with Crippen LogP contribution >= 0.6 is 34.7 Å². The van der Waals surface area contributed by atoms with Crippen LogP contribution in [0.5, 0.6) is 0 Å². The Labute approximate surface area is 165 Å². The van der Waals surface area contributed by atoms with Gasteiger partial charge in [-0.2, -0.15) is 0 Å². The smallest absolute Gasteiger partial charge is 0.236 e. The lowest BCUT2D eigenvalue weighted by molar-refractivity contribution is -0.113. The Bertz CT molecular complexity index is 904. The average molecular weight is 408 g/mol. The Morgan fingerprint density at radius 3 is 2.81 bits per heavy atom. The highest BCUT2D eigenvalue weighted by molar-refractivity contribution is 7.99. The highest BCUT2D eigenvalue weighted by atomic mass is 35.5. The van der Waals surface area contributed by atoms with Crippen molar-refractivity contribution in [3.8, 4) is 11.4 Å². The quantitative estimate of drug-likeness (QED) is 0.601. The molecule has 1 N–H and O–H groups in total. The van der Waals surface area contributed by atoms with Gasteiger partial charge >= 0.3 is 0 Å². The molecule has 0 radical (unpaired) electrons. The molecule has 0 aliphatic rings. The van der Waals surface area contributed by atoms with E-state index in [4.69, 9.17) is 11.6 Å². The number of aromatic nitrogens is 4. The van der Waals surface area contributed by atoms with Gasteiger partial charge in [0.25, 0.3) is 0 Å². The van der Waals surface area contributed by atoms with E-state index in [1.54, 1.807) is 23.5 Å². The molecule has 1 amide bonds. The van der Waals surface area contributed by atoms with E-state index in [9.17, 15) is 4.79 Å². The SMILES string of the molecule is Cc1cc(-c2nnc(SCC(=O)Nc3ccc(Cl)cn3)n2C(C)C)cs1. The van der Waals surface area contributed by atoms with Crippen molar-refractivity contribution in [1.82, 2.24) is 19.7 Å². The molecule has 6 nitrogen and oxygen atoms in total. The van der Waals surface area contributed by atoms with Crippen molar-refractivity contribution in [1.29, 1.82) is 0 Å². The summed E-state index contributed by atoms with van der Waals surface area (Å²) in [6, 6.07) is 5.63. The second-order valence-electron chi connectivity index (χ2n) is 5.91. The summed E-state index contributed by atoms with van der Waals surface area (Å²) in [7, 11) is 0. The number of halogens is 1. The standard InChI is InChI=1S/C17H18ClN5OS2/c1-10(2)23-16(12-6-11(3)25-8-12)21-22-17(23)26-9-15(24)20-14-5-4-13(18)7-19-14/h4-8,10H,9H2,1-3H3,(H,19,20,24). The third-order valence-electron chi connectivity index (χ3n) is 3.50. The normalized spacial score (nSPS) is 11.1. The number of thioether (sulfide) groups is 1. The van der Waals surface area contributed by atoms with E-state index in [2.05, 4.69) is 57.3 Å². The molecule has 0 bridgehead atoms. The Hall–Kier alpha value is -1.90. The number of aryl methyl sites for hydroxylation is 1. The summed E-state index contributed by atoms with van der Waals surface area (Å²) in [4.78, 5) is 17.5. The zero-order valence-corrected chi connectivity index (χ0v) is 17.0. The van der Waals surface area contributed by atoms with Crippen molar-refractivity contribution in [2.45, 2.75) is 32.0 Å². The van der Waals surface area contributed by atoms with Crippen molar-refractivity contribution in [2.24, 2.45) is 0 Å². The van der Waals surface area contributed by atoms with Gasteiger partial charge in [-0.3, -0.25) is 9.36 Å². The zero-order valence-electron chi connectivity index (χ0n) is 14.6. The number of thiophene rings is 1. The molecule has 0 saturated heterocycles. The number of pyridine rings is 1. The number of carbonyl (C=O) groups is 1. The van der Waals surface area contributed by atoms with E-state index in [-0.39, 0.29) is 17.7 Å². The predicted octanol–water partition coefficient (Wildman–Crippen LogP) is 4.68. The molecule has 3 heterocycles. The van der Waals surface area contributed by atoms with Crippen LogP contribution < -0.4 is 5.32 Å². The van der Waals surface area contributed by atoms with Crippen LogP contribution in [0.15, 0.2) is 34.9 Å². The maximum absolute atomic E-state index is 12.2. The fourth-order valence-corrected chi connectivity index (χ4v) is 4.02. The van der Waals surface area contributed by atoms with E-state index in [1.165, 1.54) is 22.8 Å². The maximum atomic E-state index is 12.2. The minimum atomic E-state index is -0.156. The van der Waals surface area contributed by atoms with Crippen LogP contribution in [0.2, 0.25) is 5.02 Å². The van der Waals surface area contributed by atoms with Crippen LogP contribution in [-0.2, 0) is 4.79 Å². The summed E-state index contributed by atoms with van der Waals surface area (Å²) in [5, 5.41) is 14.7. The number of amides is 1. The predicted molar refractivity (Wildman–Crippen MR) is 107 cm³/mol. The molecular formula is C17H18ClN5OS2. The molecule has 0 unspecified atom stereocenters. The van der Waals surface area contributed by atoms with Gasteiger partial charge in [0.05, 0.1) is 10.8 Å². The molecule has 0 spiro atoms. The molecule has 0 aliphatic carbocycles. The lowest BCUT2D eigenvalue weighted by atomic mass is 10.3. The fourth-order valence-electron chi connectivity index (χ4n) is 2.36. The lowest BCUT2D eigenvalue weighted by Gasteiger charge is -2.13. The number of hydrogen-bond donors (Lipinski definition) is 1. The topological polar surface area (TPSA) is 72.7 Å². The largest absolute Gasteiger partial charge is 0.310 e. The first-order valence-electron chi connectivity index (χ1n) is 7.98. The Morgan fingerprint density at radius 1 is 1.38 bits per heavy atom. The number of hydrogen-bond acceptors (Lipinski definition) is 6. The van der Waals surface area contributed by atoms with Gasteiger partial charge in [-0.05, 0) is 39.0 Å². The molecule has 0 saturated carbocycles. The molecular weight excluding hydrogens is 390 g/mol. The fraction of sp³-hybridized carbons (Fsp3) is 0.294. The number of anilines is 1. The first-order valence-corrected chi connectivity index (χ1v) is 10.2. The maximum Gasteiger partial charge on any atom is 0.236 e. The minimum absolute atomic E-state index is 0.156. The summed E-state index contributed by atoms with van der Waals surface area (Å²) in [5.41, 5.74) is 1.05. The first kappa shape index (κ1) is 18.9. The third kappa shape index (κ3) is 4.44. The van der Waals surface area contributed by atoms with Crippen LogP contribution in [-0.4, -0.2) is 31.4 Å². The molecule has 9 heteroatoms. The van der Waals surface area contributed by atoms with Crippen molar-refractivity contribution in [2.75, 3.05) is 11.1 Å². The summed E-state index contributed by atoms with van der Waals surface area (Å²) in [6.45, 7) is 6.22. The zero-order chi connectivity index (χ0) is 18.7. The Morgan fingerprint density at radius 2 is 2.19 bits per heavy atom. The van der Waals surface area contributed by atoms with Gasteiger partial charge in [-0.1, -0.05) is 23.4 Å². The van der Waals surface area contributed by atoms with Crippen LogP contribution in [0, 0.1) is 6.92 Å².